The first-order valence-corrected chi connectivity index (χ1v) is 10.9. The van der Waals surface area contributed by atoms with Crippen molar-refractivity contribution in [3.05, 3.63) is 52.2 Å². The number of thiophene rings is 1. The van der Waals surface area contributed by atoms with Crippen LogP contribution in [-0.2, 0) is 23.0 Å². The van der Waals surface area contributed by atoms with Gasteiger partial charge in [-0.05, 0) is 30.7 Å². The number of hydrogen-bond acceptors (Lipinski definition) is 4. The van der Waals surface area contributed by atoms with Gasteiger partial charge in [-0.3, -0.25) is 0 Å². The predicted molar refractivity (Wildman–Crippen MR) is 103 cm³/mol. The summed E-state index contributed by atoms with van der Waals surface area (Å²) < 4.78 is 26.7. The number of hydrogen-bond donors (Lipinski definition) is 1. The van der Waals surface area contributed by atoms with Crippen LogP contribution in [0.3, 0.4) is 0 Å². The average Bonchev–Trinajstić information content (AvgIpc) is 3.15. The Hall–Kier alpha value is -1.90. The van der Waals surface area contributed by atoms with Crippen LogP contribution in [0.5, 0.6) is 0 Å². The molecule has 0 saturated carbocycles. The highest BCUT2D eigenvalue weighted by Crippen LogP contribution is 2.18. The number of urea groups is 1. The summed E-state index contributed by atoms with van der Waals surface area (Å²) in [6, 6.07) is 12.4. The highest BCUT2D eigenvalue weighted by Gasteiger charge is 2.29. The van der Waals surface area contributed by atoms with Crippen LogP contribution in [0, 0.1) is 0 Å². The largest absolute Gasteiger partial charge is 0.333 e. The molecule has 26 heavy (non-hydrogen) atoms. The van der Waals surface area contributed by atoms with E-state index in [4.69, 9.17) is 0 Å². The molecule has 0 aliphatic carbocycles. The summed E-state index contributed by atoms with van der Waals surface area (Å²) in [5.41, 5.74) is 0. The van der Waals surface area contributed by atoms with Crippen molar-refractivity contribution in [1.29, 1.82) is 0 Å². The third-order valence-corrected chi connectivity index (χ3v) is 7.53. The fourth-order valence-corrected chi connectivity index (χ4v) is 5.20. The van der Waals surface area contributed by atoms with E-state index in [0.717, 1.165) is 11.3 Å². The van der Waals surface area contributed by atoms with Crippen LogP contribution in [-0.4, -0.2) is 49.8 Å². The molecule has 1 N–H and O–H groups in total. The van der Waals surface area contributed by atoms with E-state index in [1.807, 2.05) is 6.07 Å². The number of aryl methyl sites for hydroxylation is 1. The molecule has 0 radical (unpaired) electrons. The van der Waals surface area contributed by atoms with Gasteiger partial charge in [0.25, 0.3) is 0 Å². The Balaban J connectivity index is 1.52. The minimum atomic E-state index is -3.49. The van der Waals surface area contributed by atoms with Crippen LogP contribution < -0.4 is 5.32 Å². The average molecular weight is 394 g/mol. The first kappa shape index (κ1) is 18.9. The van der Waals surface area contributed by atoms with Gasteiger partial charge in [-0.15, -0.1) is 11.3 Å². The van der Waals surface area contributed by atoms with Crippen molar-refractivity contribution >= 4 is 27.4 Å². The number of amides is 2. The van der Waals surface area contributed by atoms with E-state index < -0.39 is 10.0 Å². The molecule has 6 nitrogen and oxygen atoms in total. The second kappa shape index (κ2) is 8.20. The number of sulfonamides is 1. The fraction of sp³-hybridized carbons (Fsp3) is 0.389. The monoisotopic (exact) mass is 393 g/mol. The molecule has 2 amide bonds. The molecule has 0 bridgehead atoms. The topological polar surface area (TPSA) is 69.7 Å². The van der Waals surface area contributed by atoms with Crippen molar-refractivity contribution in [1.82, 2.24) is 14.5 Å². The molecule has 2 aromatic rings. The number of nitrogens with zero attached hydrogens (tertiary/aromatic N) is 2. The smallest absolute Gasteiger partial charge is 0.317 e. The molecular formula is C18H23N3O3S2. The summed E-state index contributed by atoms with van der Waals surface area (Å²) in [4.78, 5) is 16.7. The van der Waals surface area contributed by atoms with E-state index in [1.165, 1.54) is 9.18 Å². The Kier molecular flexibility index (Phi) is 5.95. The Morgan fingerprint density at radius 2 is 1.69 bits per heavy atom. The van der Waals surface area contributed by atoms with Crippen LogP contribution in [0.25, 0.3) is 0 Å². The lowest BCUT2D eigenvalue weighted by molar-refractivity contribution is 0.172. The summed E-state index contributed by atoms with van der Waals surface area (Å²) in [6.45, 7) is 4.02. The van der Waals surface area contributed by atoms with E-state index in [-0.39, 0.29) is 6.03 Å². The Labute approximate surface area is 158 Å². The van der Waals surface area contributed by atoms with E-state index in [0.29, 0.717) is 37.6 Å². The second-order valence-corrected chi connectivity index (χ2v) is 9.28. The number of carbonyl (C=O) groups excluding carboxylic acids is 1. The zero-order valence-electron chi connectivity index (χ0n) is 14.7. The molecule has 140 valence electrons. The van der Waals surface area contributed by atoms with Crippen molar-refractivity contribution in [2.45, 2.75) is 24.8 Å². The van der Waals surface area contributed by atoms with Crippen LogP contribution in [0.1, 0.15) is 16.7 Å². The van der Waals surface area contributed by atoms with Gasteiger partial charge < -0.3 is 10.2 Å². The van der Waals surface area contributed by atoms with Crippen LogP contribution in [0.15, 0.2) is 47.4 Å². The third kappa shape index (κ3) is 4.25. The standard InChI is InChI=1S/C18H23N3O3S2/c1-2-15-8-9-16(25-15)14-19-18(22)20-10-12-21(13-11-20)26(23,24)17-6-4-3-5-7-17/h3-9H,2,10-14H2,1H3,(H,19,22). The third-order valence-electron chi connectivity index (χ3n) is 4.39. The molecule has 2 heterocycles. The van der Waals surface area contributed by atoms with Crippen molar-refractivity contribution in [3.8, 4) is 0 Å². The van der Waals surface area contributed by atoms with Crippen molar-refractivity contribution < 1.29 is 13.2 Å². The summed E-state index contributed by atoms with van der Waals surface area (Å²) in [6.07, 6.45) is 0.996. The molecule has 1 aliphatic heterocycles. The highest BCUT2D eigenvalue weighted by molar-refractivity contribution is 7.89. The fourth-order valence-electron chi connectivity index (χ4n) is 2.85. The van der Waals surface area contributed by atoms with Gasteiger partial charge in [0.2, 0.25) is 10.0 Å². The summed E-state index contributed by atoms with van der Waals surface area (Å²) in [5.74, 6) is 0. The second-order valence-electron chi connectivity index (χ2n) is 6.08. The Bertz CT molecular complexity index is 842. The maximum Gasteiger partial charge on any atom is 0.317 e. The lowest BCUT2D eigenvalue weighted by Crippen LogP contribution is -2.52. The zero-order valence-corrected chi connectivity index (χ0v) is 16.4. The van der Waals surface area contributed by atoms with Gasteiger partial charge >= 0.3 is 6.03 Å². The number of nitrogens with one attached hydrogen (secondary N) is 1. The van der Waals surface area contributed by atoms with Crippen molar-refractivity contribution in [2.75, 3.05) is 26.2 Å². The van der Waals surface area contributed by atoms with Crippen LogP contribution >= 0.6 is 11.3 Å². The summed E-state index contributed by atoms with van der Waals surface area (Å²) >= 11 is 1.70. The molecule has 1 aromatic carbocycles. The van der Waals surface area contributed by atoms with Crippen molar-refractivity contribution in [3.63, 3.8) is 0 Å². The van der Waals surface area contributed by atoms with E-state index in [1.54, 1.807) is 46.6 Å². The molecule has 0 spiro atoms. The normalized spacial score (nSPS) is 15.8. The van der Waals surface area contributed by atoms with Gasteiger partial charge in [0, 0.05) is 35.9 Å². The lowest BCUT2D eigenvalue weighted by Gasteiger charge is -2.33. The van der Waals surface area contributed by atoms with E-state index in [2.05, 4.69) is 18.3 Å². The molecule has 8 heteroatoms. The van der Waals surface area contributed by atoms with Gasteiger partial charge in [0.15, 0.2) is 0 Å². The number of rotatable bonds is 5. The van der Waals surface area contributed by atoms with Gasteiger partial charge in [-0.2, -0.15) is 4.31 Å². The zero-order chi connectivity index (χ0) is 18.6. The molecular weight excluding hydrogens is 370 g/mol. The van der Waals surface area contributed by atoms with E-state index in [9.17, 15) is 13.2 Å². The number of carbonyl (C=O) groups is 1. The maximum absolute atomic E-state index is 12.6. The van der Waals surface area contributed by atoms with Crippen LogP contribution in [0.2, 0.25) is 0 Å². The molecule has 0 unspecified atom stereocenters. The van der Waals surface area contributed by atoms with Gasteiger partial charge in [0.05, 0.1) is 11.4 Å². The number of piperazine rings is 1. The summed E-state index contributed by atoms with van der Waals surface area (Å²) in [7, 11) is -3.49. The predicted octanol–water partition coefficient (Wildman–Crippen LogP) is 2.53. The first-order chi connectivity index (χ1) is 12.5. The highest BCUT2D eigenvalue weighted by atomic mass is 32.2. The lowest BCUT2D eigenvalue weighted by atomic mass is 10.3. The Morgan fingerprint density at radius 1 is 1.04 bits per heavy atom. The van der Waals surface area contributed by atoms with Crippen LogP contribution in [0.4, 0.5) is 4.79 Å². The quantitative estimate of drug-likeness (QED) is 0.849. The molecule has 1 aromatic heterocycles. The molecule has 1 aliphatic rings. The first-order valence-electron chi connectivity index (χ1n) is 8.66. The molecule has 3 rings (SSSR count). The summed E-state index contributed by atoms with van der Waals surface area (Å²) in [5, 5.41) is 2.92. The molecule has 1 saturated heterocycles. The minimum absolute atomic E-state index is 0.145. The SMILES string of the molecule is CCc1ccc(CNC(=O)N2CCN(S(=O)(=O)c3ccccc3)CC2)s1. The van der Waals surface area contributed by atoms with Crippen molar-refractivity contribution in [2.24, 2.45) is 0 Å². The number of benzene rings is 1. The van der Waals surface area contributed by atoms with E-state index >= 15 is 0 Å². The Morgan fingerprint density at radius 3 is 2.31 bits per heavy atom. The minimum Gasteiger partial charge on any atom is -0.333 e. The molecule has 0 atom stereocenters. The van der Waals surface area contributed by atoms with Gasteiger partial charge in [0.1, 0.15) is 0 Å². The van der Waals surface area contributed by atoms with Gasteiger partial charge in [-0.25, -0.2) is 13.2 Å². The van der Waals surface area contributed by atoms with Gasteiger partial charge in [-0.1, -0.05) is 25.1 Å². The maximum atomic E-state index is 12.6. The molecule has 1 fully saturated rings.